The van der Waals surface area contributed by atoms with Crippen molar-refractivity contribution < 1.29 is 124 Å². The highest BCUT2D eigenvalue weighted by molar-refractivity contribution is 7.78. The van der Waals surface area contributed by atoms with Crippen molar-refractivity contribution in [2.75, 3.05) is 105 Å². The van der Waals surface area contributed by atoms with Gasteiger partial charge in [-0.3, -0.25) is 87.5 Å². The zero-order chi connectivity index (χ0) is 73.9. The van der Waals surface area contributed by atoms with Crippen LogP contribution in [0.3, 0.4) is 0 Å². The van der Waals surface area contributed by atoms with Crippen LogP contribution >= 0.6 is 12.2 Å². The molecule has 14 N–H and O–H groups in total. The van der Waals surface area contributed by atoms with Crippen LogP contribution in [0.2, 0.25) is 0 Å². The standard InChI is InChI=1S/C30H38N6O10S.C21H28N4O12.C9H10O3.CH2O/c31-26(38)14-35(16-29(42)43)10-9-34(15-28(40)41)13-24(11-21-1-5-23(6-2-21)33-19-47)36(17-30(44)45)20-46-18-32-27(39)12-22-3-7-25(37)8-4-22;26-17(27)9-22(5-6-23(10-18(28)29)11-19(30)31)8-16(24(12-20(32)33)13-21(34)35)7-14-1-3-15(4-2-14)25(36)37;10-8-4-1-7(2-5-8)3-6-9(11)12;1-2/h1-8,18,24,27,37,39H,9-17,20H2,(H2,31,38)(H,40,41)(H,42,43)(H,44,45);1-4,16H,5-13H2,(H,26,27)(H,28,29)(H,30,31)(H,32,33)(H,34,35);1-2,4-5,10H,3,6H2,(H,11,12);1H2. The molecule has 3 atom stereocenters. The lowest BCUT2D eigenvalue weighted by Gasteiger charge is -2.34. The lowest BCUT2D eigenvalue weighted by molar-refractivity contribution is -0.384. The number of carboxylic acids is 9. The molecule has 0 aliphatic rings. The normalized spacial score (nSPS) is 11.8. The molecule has 0 saturated heterocycles. The number of aliphatic imine (C=N–C) groups is 2. The number of nitro benzene ring substituents is 1. The van der Waals surface area contributed by atoms with E-state index in [0.29, 0.717) is 23.2 Å². The molecule has 3 unspecified atom stereocenters. The van der Waals surface area contributed by atoms with Gasteiger partial charge in [0.1, 0.15) is 25.0 Å². The average molecular weight is 1400 g/mol. The van der Waals surface area contributed by atoms with Gasteiger partial charge in [-0.15, -0.1) is 0 Å². The topological polar surface area (TPSA) is 553 Å². The molecule has 0 fully saturated rings. The van der Waals surface area contributed by atoms with Gasteiger partial charge in [0.25, 0.3) is 5.69 Å². The third-order valence-electron chi connectivity index (χ3n) is 13.3. The number of nitrogens with zero attached hydrogens (tertiary/aromatic N) is 9. The largest absolute Gasteiger partial charge is 0.508 e. The monoisotopic (exact) mass is 1400 g/mol. The van der Waals surface area contributed by atoms with Gasteiger partial charge in [-0.05, 0) is 90.1 Å². The summed E-state index contributed by atoms with van der Waals surface area (Å²) in [5.41, 5.74) is 8.48. The van der Waals surface area contributed by atoms with Gasteiger partial charge in [-0.1, -0.05) is 48.5 Å². The van der Waals surface area contributed by atoms with Gasteiger partial charge in [0.05, 0.1) is 74.7 Å². The number of rotatable bonds is 45. The quantitative estimate of drug-likeness (QED) is 0.00707. The fraction of sp³-hybridized carbons (Fsp3) is 0.393. The van der Waals surface area contributed by atoms with Gasteiger partial charge in [0.15, 0.2) is 12.6 Å². The van der Waals surface area contributed by atoms with Crippen molar-refractivity contribution >= 4 is 102 Å². The molecule has 0 spiro atoms. The molecular weight excluding hydrogens is 1320 g/mol. The van der Waals surface area contributed by atoms with E-state index in [1.54, 1.807) is 60.7 Å². The number of benzene rings is 4. The number of carbonyl (C=O) groups is 11. The van der Waals surface area contributed by atoms with E-state index in [0.717, 1.165) is 27.3 Å². The Hall–Kier alpha value is -10.8. The van der Waals surface area contributed by atoms with Crippen LogP contribution in [-0.2, 0) is 83.2 Å². The first kappa shape index (κ1) is 85.3. The number of thiocarbonyl (C=S) groups is 1. The van der Waals surface area contributed by atoms with Crippen molar-refractivity contribution in [2.24, 2.45) is 15.7 Å². The summed E-state index contributed by atoms with van der Waals surface area (Å²) in [7, 11) is 0. The maximum Gasteiger partial charge on any atom is 0.317 e. The van der Waals surface area contributed by atoms with Crippen molar-refractivity contribution in [3.8, 4) is 11.5 Å². The number of carbonyl (C=O) groups excluding carboxylic acids is 2. The first-order valence-corrected chi connectivity index (χ1v) is 29.4. The molecule has 1 amide bonds. The summed E-state index contributed by atoms with van der Waals surface area (Å²) in [6, 6.07) is 23.3. The van der Waals surface area contributed by atoms with Gasteiger partial charge in [0, 0.05) is 76.3 Å². The smallest absolute Gasteiger partial charge is 0.317 e. The number of nitro groups is 1. The number of non-ortho nitro benzene ring substituents is 1. The second-order valence-electron chi connectivity index (χ2n) is 21.1. The Morgan fingerprint density at radius 2 is 0.857 bits per heavy atom. The van der Waals surface area contributed by atoms with E-state index in [-0.39, 0.29) is 95.4 Å². The molecule has 98 heavy (non-hydrogen) atoms. The number of hydrogen-bond acceptors (Lipinski definition) is 26. The zero-order valence-electron chi connectivity index (χ0n) is 52.7. The molecule has 4 rings (SSSR count). The molecule has 0 aliphatic carbocycles. The summed E-state index contributed by atoms with van der Waals surface area (Å²) >= 11 is 4.64. The molecule has 0 radical (unpaired) electrons. The minimum absolute atomic E-state index is 0.000878. The van der Waals surface area contributed by atoms with Crippen LogP contribution in [0.5, 0.6) is 11.5 Å². The van der Waals surface area contributed by atoms with E-state index >= 15 is 0 Å². The minimum Gasteiger partial charge on any atom is -0.508 e. The van der Waals surface area contributed by atoms with Crippen molar-refractivity contribution in [1.29, 1.82) is 0 Å². The first-order valence-electron chi connectivity index (χ1n) is 29.0. The Bertz CT molecular complexity index is 3240. The van der Waals surface area contributed by atoms with Crippen LogP contribution in [0.25, 0.3) is 0 Å². The van der Waals surface area contributed by atoms with E-state index < -0.39 is 135 Å². The number of nitrogens with two attached hydrogens (primary N) is 1. The number of aliphatic hydroxyl groups excluding tert-OH is 1. The second-order valence-corrected chi connectivity index (χ2v) is 21.3. The SMILES string of the molecule is C=O.NC(=O)CN(CCN(CC(=O)O)CC(Cc1ccc(N=C=S)cc1)N(COC=NC(O)Cc1ccc(O)cc1)CC(=O)O)CC(=O)O.O=C(O)CCc1ccc(O)cc1.O=C(O)CN(CCN(CC(=O)O)CC(Cc1ccc([N+](=O)[O-])cc1)N(CC(=O)O)CC(=O)O)CC(=O)O. The van der Waals surface area contributed by atoms with Crippen molar-refractivity contribution in [2.45, 2.75) is 50.4 Å². The third-order valence-corrected chi connectivity index (χ3v) is 13.4. The summed E-state index contributed by atoms with van der Waals surface area (Å²) in [5.74, 6) is -11.4. The maximum absolute atomic E-state index is 11.9. The molecule has 0 aliphatic heterocycles. The number of primary amides is 1. The predicted molar refractivity (Wildman–Crippen MR) is 347 cm³/mol. The van der Waals surface area contributed by atoms with Crippen LogP contribution < -0.4 is 5.73 Å². The van der Waals surface area contributed by atoms with Crippen LogP contribution in [0, 0.1) is 10.1 Å². The van der Waals surface area contributed by atoms with E-state index in [2.05, 4.69) is 27.4 Å². The number of isothiocyanates is 1. The molecule has 0 heterocycles. The molecule has 534 valence electrons. The first-order chi connectivity index (χ1) is 46.3. The minimum atomic E-state index is -1.34. The number of ether oxygens (including phenoxy) is 1. The van der Waals surface area contributed by atoms with Crippen LogP contribution in [0.4, 0.5) is 11.4 Å². The van der Waals surface area contributed by atoms with Crippen LogP contribution in [-0.4, -0.2) is 297 Å². The third kappa shape index (κ3) is 40.5. The number of aryl methyl sites for hydroxylation is 1. The summed E-state index contributed by atoms with van der Waals surface area (Å²) in [5, 5.41) is 125. The lowest BCUT2D eigenvalue weighted by atomic mass is 10.0. The van der Waals surface area contributed by atoms with Gasteiger partial charge in [-0.2, -0.15) is 4.99 Å². The van der Waals surface area contributed by atoms with Gasteiger partial charge in [0.2, 0.25) is 5.91 Å². The Kier molecular flexibility index (Phi) is 41.0. The van der Waals surface area contributed by atoms with E-state index in [4.69, 9.17) is 35.7 Å². The van der Waals surface area contributed by atoms with Gasteiger partial charge in [-0.25, -0.2) is 4.99 Å². The molecule has 4 aromatic rings. The van der Waals surface area contributed by atoms with E-state index in [9.17, 15) is 98.9 Å². The number of amides is 1. The summed E-state index contributed by atoms with van der Waals surface area (Å²) in [4.78, 5) is 147. The number of aliphatic hydroxyl groups is 1. The van der Waals surface area contributed by atoms with Crippen molar-refractivity contribution in [3.05, 3.63) is 129 Å². The highest BCUT2D eigenvalue weighted by Gasteiger charge is 2.29. The number of aromatic hydroxyl groups is 2. The summed E-state index contributed by atoms with van der Waals surface area (Å²) < 4.78 is 5.52. The van der Waals surface area contributed by atoms with Crippen molar-refractivity contribution in [1.82, 2.24) is 29.4 Å². The second kappa shape index (κ2) is 47.2. The van der Waals surface area contributed by atoms with E-state index in [1.807, 2.05) is 6.79 Å². The summed E-state index contributed by atoms with van der Waals surface area (Å²) in [6.07, 6.45) is 0.816. The summed E-state index contributed by atoms with van der Waals surface area (Å²) in [6.45, 7) is -3.82. The Morgan fingerprint density at radius 1 is 0.510 bits per heavy atom. The van der Waals surface area contributed by atoms with Gasteiger partial charge < -0.3 is 76.5 Å². The number of phenols is 2. The number of phenolic OH excluding ortho intramolecular Hbond substituents is 2. The molecule has 36 nitrogen and oxygen atoms in total. The highest BCUT2D eigenvalue weighted by atomic mass is 32.1. The fourth-order valence-corrected chi connectivity index (χ4v) is 9.18. The molecular formula is C61H78N10O26S. The molecule has 37 heteroatoms. The predicted octanol–water partition coefficient (Wildman–Crippen LogP) is 0.306. The van der Waals surface area contributed by atoms with E-state index in [1.165, 1.54) is 56.0 Å². The molecule has 0 bridgehead atoms. The highest BCUT2D eigenvalue weighted by Crippen LogP contribution is 2.20. The van der Waals surface area contributed by atoms with Crippen molar-refractivity contribution in [3.63, 3.8) is 0 Å². The zero-order valence-corrected chi connectivity index (χ0v) is 53.5. The number of hydrogen-bond donors (Lipinski definition) is 13. The Balaban J connectivity index is 0.000000832. The van der Waals surface area contributed by atoms with Crippen LogP contribution in [0.15, 0.2) is 107 Å². The Labute approximate surface area is 564 Å². The number of carboxylic acid groups (broad SMARTS) is 9. The maximum atomic E-state index is 11.9. The molecule has 0 saturated carbocycles. The molecule has 0 aromatic heterocycles. The fourth-order valence-electron chi connectivity index (χ4n) is 9.08. The Morgan fingerprint density at radius 3 is 1.24 bits per heavy atom. The number of aliphatic carboxylic acids is 9. The average Bonchev–Trinajstić information content (AvgIpc) is 0.872. The van der Waals surface area contributed by atoms with Gasteiger partial charge >= 0.3 is 53.7 Å². The molecule has 4 aromatic carbocycles. The lowest BCUT2D eigenvalue weighted by Crippen LogP contribution is -2.51. The van der Waals surface area contributed by atoms with Crippen LogP contribution in [0.1, 0.15) is 28.7 Å².